The van der Waals surface area contributed by atoms with E-state index in [1.54, 1.807) is 7.11 Å². The van der Waals surface area contributed by atoms with E-state index in [4.69, 9.17) is 4.74 Å². The van der Waals surface area contributed by atoms with Crippen molar-refractivity contribution in [2.24, 2.45) is 11.3 Å². The molecule has 0 aromatic heterocycles. The second kappa shape index (κ2) is 6.90. The zero-order valence-electron chi connectivity index (χ0n) is 13.3. The maximum absolute atomic E-state index is 13.1. The summed E-state index contributed by atoms with van der Waals surface area (Å²) in [7, 11) is 1.76. The van der Waals surface area contributed by atoms with Crippen LogP contribution in [0, 0.1) is 11.3 Å². The first-order valence-electron chi connectivity index (χ1n) is 8.16. The Balaban J connectivity index is 2.07. The van der Waals surface area contributed by atoms with Crippen molar-refractivity contribution in [1.29, 1.82) is 0 Å². The largest absolute Gasteiger partial charge is 0.379 e. The molecule has 0 aromatic carbocycles. The van der Waals surface area contributed by atoms with Crippen LogP contribution in [0.2, 0.25) is 0 Å². The Hall–Kier alpha value is -0.610. The molecule has 3 atom stereocenters. The highest BCUT2D eigenvalue weighted by molar-refractivity contribution is 5.83. The second-order valence-corrected chi connectivity index (χ2v) is 6.60. The van der Waals surface area contributed by atoms with Crippen LogP contribution < -0.4 is 5.32 Å². The van der Waals surface area contributed by atoms with E-state index in [9.17, 15) is 4.79 Å². The van der Waals surface area contributed by atoms with Crippen LogP contribution in [-0.4, -0.2) is 50.2 Å². The topological polar surface area (TPSA) is 41.6 Å². The third-order valence-electron chi connectivity index (χ3n) is 5.13. The van der Waals surface area contributed by atoms with E-state index < -0.39 is 0 Å². The lowest BCUT2D eigenvalue weighted by Crippen LogP contribution is -2.56. The quantitative estimate of drug-likeness (QED) is 0.858. The minimum absolute atomic E-state index is 0.161. The van der Waals surface area contributed by atoms with E-state index in [1.165, 1.54) is 0 Å². The van der Waals surface area contributed by atoms with Gasteiger partial charge in [-0.15, -0.1) is 0 Å². The standard InChI is InChI=1S/C16H30N2O2/c1-4-7-16(8-5-9-17-12-16)15(19)18-10-6-13(2)14(11-18)20-3/h13-14,17H,4-12H2,1-3H3. The van der Waals surface area contributed by atoms with E-state index in [2.05, 4.69) is 24.1 Å². The van der Waals surface area contributed by atoms with Crippen molar-refractivity contribution in [2.45, 2.75) is 52.1 Å². The molecule has 0 saturated carbocycles. The van der Waals surface area contributed by atoms with Gasteiger partial charge < -0.3 is 15.0 Å². The fourth-order valence-electron chi connectivity index (χ4n) is 3.81. The molecule has 0 spiro atoms. The predicted octanol–water partition coefficient (Wildman–Crippen LogP) is 2.04. The van der Waals surface area contributed by atoms with Crippen LogP contribution in [0.25, 0.3) is 0 Å². The minimum Gasteiger partial charge on any atom is -0.379 e. The molecule has 2 fully saturated rings. The Bertz CT molecular complexity index is 321. The Labute approximate surface area is 123 Å². The van der Waals surface area contributed by atoms with Crippen molar-refractivity contribution >= 4 is 5.91 Å². The minimum atomic E-state index is -0.161. The van der Waals surface area contributed by atoms with Crippen LogP contribution >= 0.6 is 0 Å². The Morgan fingerprint density at radius 2 is 2.30 bits per heavy atom. The predicted molar refractivity (Wildman–Crippen MR) is 80.6 cm³/mol. The van der Waals surface area contributed by atoms with Gasteiger partial charge in [0.2, 0.25) is 5.91 Å². The van der Waals surface area contributed by atoms with Gasteiger partial charge in [0.05, 0.1) is 11.5 Å². The van der Waals surface area contributed by atoms with Gasteiger partial charge in [0, 0.05) is 26.7 Å². The van der Waals surface area contributed by atoms with E-state index in [0.29, 0.717) is 11.8 Å². The molecule has 0 aliphatic carbocycles. The molecule has 20 heavy (non-hydrogen) atoms. The van der Waals surface area contributed by atoms with Crippen LogP contribution in [0.4, 0.5) is 0 Å². The molecule has 4 nitrogen and oxygen atoms in total. The lowest BCUT2D eigenvalue weighted by atomic mass is 9.75. The Morgan fingerprint density at radius 3 is 2.90 bits per heavy atom. The maximum atomic E-state index is 13.1. The zero-order chi connectivity index (χ0) is 14.6. The molecule has 2 rings (SSSR count). The molecular weight excluding hydrogens is 252 g/mol. The molecule has 2 heterocycles. The first kappa shape index (κ1) is 15.8. The number of methoxy groups -OCH3 is 1. The Morgan fingerprint density at radius 1 is 1.50 bits per heavy atom. The molecule has 0 aromatic rings. The summed E-state index contributed by atoms with van der Waals surface area (Å²) in [4.78, 5) is 15.1. The van der Waals surface area contributed by atoms with Crippen molar-refractivity contribution in [3.8, 4) is 0 Å². The Kier molecular flexibility index (Phi) is 5.44. The van der Waals surface area contributed by atoms with Gasteiger partial charge in [-0.05, 0) is 38.1 Å². The number of nitrogens with one attached hydrogen (secondary N) is 1. The molecule has 116 valence electrons. The van der Waals surface area contributed by atoms with Gasteiger partial charge in [-0.1, -0.05) is 20.3 Å². The molecule has 1 N–H and O–H groups in total. The number of hydrogen-bond donors (Lipinski definition) is 1. The summed E-state index contributed by atoms with van der Waals surface area (Å²) >= 11 is 0. The van der Waals surface area contributed by atoms with Crippen molar-refractivity contribution in [1.82, 2.24) is 10.2 Å². The van der Waals surface area contributed by atoms with Crippen LogP contribution in [0.15, 0.2) is 0 Å². The van der Waals surface area contributed by atoms with Crippen molar-refractivity contribution in [3.05, 3.63) is 0 Å². The molecular formula is C16H30N2O2. The molecule has 3 unspecified atom stereocenters. The van der Waals surface area contributed by atoms with Crippen LogP contribution in [0.1, 0.15) is 46.0 Å². The fourth-order valence-corrected chi connectivity index (χ4v) is 3.81. The number of rotatable bonds is 4. The van der Waals surface area contributed by atoms with Gasteiger partial charge in [-0.2, -0.15) is 0 Å². The lowest BCUT2D eigenvalue weighted by molar-refractivity contribution is -0.149. The van der Waals surface area contributed by atoms with Gasteiger partial charge in [-0.25, -0.2) is 0 Å². The molecule has 2 saturated heterocycles. The number of carbonyl (C=O) groups excluding carboxylic acids is 1. The number of ether oxygens (including phenoxy) is 1. The second-order valence-electron chi connectivity index (χ2n) is 6.60. The monoisotopic (exact) mass is 282 g/mol. The van der Waals surface area contributed by atoms with E-state index in [1.807, 2.05) is 0 Å². The lowest BCUT2D eigenvalue weighted by Gasteiger charge is -2.44. The number of amides is 1. The van der Waals surface area contributed by atoms with Crippen LogP contribution in [0.3, 0.4) is 0 Å². The van der Waals surface area contributed by atoms with Crippen molar-refractivity contribution in [3.63, 3.8) is 0 Å². The summed E-state index contributed by atoms with van der Waals surface area (Å²) in [6.45, 7) is 7.97. The molecule has 2 aliphatic rings. The van der Waals surface area contributed by atoms with Crippen molar-refractivity contribution < 1.29 is 9.53 Å². The van der Waals surface area contributed by atoms with E-state index in [0.717, 1.165) is 58.3 Å². The number of hydrogen-bond acceptors (Lipinski definition) is 3. The van der Waals surface area contributed by atoms with Gasteiger partial charge >= 0.3 is 0 Å². The summed E-state index contributed by atoms with van der Waals surface area (Å²) in [5.41, 5.74) is -0.161. The van der Waals surface area contributed by atoms with Crippen LogP contribution in [-0.2, 0) is 9.53 Å². The average molecular weight is 282 g/mol. The third-order valence-corrected chi connectivity index (χ3v) is 5.13. The summed E-state index contributed by atoms with van der Waals surface area (Å²) in [5, 5.41) is 3.44. The first-order chi connectivity index (χ1) is 9.63. The van der Waals surface area contributed by atoms with Crippen molar-refractivity contribution in [2.75, 3.05) is 33.3 Å². The number of carbonyl (C=O) groups is 1. The zero-order valence-corrected chi connectivity index (χ0v) is 13.3. The first-order valence-corrected chi connectivity index (χ1v) is 8.16. The molecule has 0 bridgehead atoms. The number of likely N-dealkylation sites (tertiary alicyclic amines) is 1. The van der Waals surface area contributed by atoms with Gasteiger partial charge in [-0.3, -0.25) is 4.79 Å². The molecule has 4 heteroatoms. The van der Waals surface area contributed by atoms with E-state index >= 15 is 0 Å². The van der Waals surface area contributed by atoms with Gasteiger partial charge in [0.1, 0.15) is 0 Å². The highest BCUT2D eigenvalue weighted by atomic mass is 16.5. The molecule has 1 amide bonds. The SMILES string of the molecule is CCCC1(C(=O)N2CCC(C)C(OC)C2)CCCNC1. The van der Waals surface area contributed by atoms with E-state index in [-0.39, 0.29) is 11.5 Å². The summed E-state index contributed by atoms with van der Waals surface area (Å²) in [6.07, 6.45) is 5.48. The summed E-state index contributed by atoms with van der Waals surface area (Å²) < 4.78 is 5.55. The maximum Gasteiger partial charge on any atom is 0.230 e. The normalized spacial score (nSPS) is 35.0. The van der Waals surface area contributed by atoms with Gasteiger partial charge in [0.15, 0.2) is 0 Å². The molecule has 0 radical (unpaired) electrons. The average Bonchev–Trinajstić information content (AvgIpc) is 2.48. The highest BCUT2D eigenvalue weighted by Gasteiger charge is 2.43. The summed E-state index contributed by atoms with van der Waals surface area (Å²) in [5.74, 6) is 0.913. The van der Waals surface area contributed by atoms with Gasteiger partial charge in [0.25, 0.3) is 0 Å². The van der Waals surface area contributed by atoms with Crippen LogP contribution in [0.5, 0.6) is 0 Å². The highest BCUT2D eigenvalue weighted by Crippen LogP contribution is 2.35. The number of piperidine rings is 2. The fraction of sp³-hybridized carbons (Fsp3) is 0.938. The number of nitrogens with zero attached hydrogens (tertiary/aromatic N) is 1. The smallest absolute Gasteiger partial charge is 0.230 e. The third kappa shape index (κ3) is 3.17. The summed E-state index contributed by atoms with van der Waals surface area (Å²) in [6, 6.07) is 0. The molecule has 2 aliphatic heterocycles.